The molecule has 0 aromatic heterocycles. The third-order valence-electron chi connectivity index (χ3n) is 12.0. The van der Waals surface area contributed by atoms with E-state index >= 15 is 0 Å². The molecule has 0 spiro atoms. The first-order valence-corrected chi connectivity index (χ1v) is 13.5. The quantitative estimate of drug-likeness (QED) is 0.444. The van der Waals surface area contributed by atoms with Gasteiger partial charge in [-0.1, -0.05) is 47.5 Å². The van der Waals surface area contributed by atoms with Gasteiger partial charge in [-0.05, 0) is 110 Å². The molecule has 0 aromatic rings. The van der Waals surface area contributed by atoms with Gasteiger partial charge in [0.25, 0.3) is 0 Å². The van der Waals surface area contributed by atoms with Crippen LogP contribution in [0.4, 0.5) is 0 Å². The number of hydrogen-bond donors (Lipinski definition) is 0. The number of carbonyl (C=O) groups is 1. The fraction of sp³-hybridized carbons (Fsp3) is 0.964. The van der Waals surface area contributed by atoms with Gasteiger partial charge in [-0.25, -0.2) is 0 Å². The molecule has 1 saturated heterocycles. The number of cyclic esters (lactones) is 1. The number of hydrogen-bond acceptors (Lipinski definition) is 2. The van der Waals surface area contributed by atoms with E-state index in [4.69, 9.17) is 4.74 Å². The second kappa shape index (κ2) is 7.51. The van der Waals surface area contributed by atoms with Crippen LogP contribution in [-0.2, 0) is 9.53 Å². The maximum absolute atomic E-state index is 12.4. The summed E-state index contributed by atoms with van der Waals surface area (Å²) in [5.74, 6) is 5.71. The van der Waals surface area contributed by atoms with E-state index in [9.17, 15) is 4.79 Å². The van der Waals surface area contributed by atoms with Gasteiger partial charge in [-0.2, -0.15) is 0 Å². The van der Waals surface area contributed by atoms with E-state index in [0.717, 1.165) is 36.0 Å². The minimum atomic E-state index is 0.0533. The lowest BCUT2D eigenvalue weighted by atomic mass is 9.44. The molecule has 170 valence electrons. The first-order valence-electron chi connectivity index (χ1n) is 13.5. The van der Waals surface area contributed by atoms with Crippen LogP contribution in [0.3, 0.4) is 0 Å². The summed E-state index contributed by atoms with van der Waals surface area (Å²) >= 11 is 0. The van der Waals surface area contributed by atoms with Crippen LogP contribution in [0.2, 0.25) is 0 Å². The first-order chi connectivity index (χ1) is 14.3. The molecule has 5 fully saturated rings. The minimum absolute atomic E-state index is 0.0533. The normalized spacial score (nSPS) is 54.5. The zero-order valence-electron chi connectivity index (χ0n) is 20.3. The standard InChI is InChI=1S/C28H46O2/c1-17-16-25(30-26(29)18(17)2)19(3)22-11-12-23-21-10-9-20-8-6-7-14-27(20,4)24(21)13-15-28(22,23)5/h17-25H,6-16H2,1-5H3/t17-,18+,19+,20-,21-,22-,23+,24+,25-,27+,28+/m1/s1. The van der Waals surface area contributed by atoms with E-state index in [2.05, 4.69) is 27.7 Å². The molecule has 4 saturated carbocycles. The number of fused-ring (bicyclic) bond motifs is 5. The summed E-state index contributed by atoms with van der Waals surface area (Å²) in [4.78, 5) is 12.4. The monoisotopic (exact) mass is 414 g/mol. The van der Waals surface area contributed by atoms with Crippen LogP contribution >= 0.6 is 0 Å². The molecule has 0 N–H and O–H groups in total. The molecular formula is C28H46O2. The predicted octanol–water partition coefficient (Wildman–Crippen LogP) is 7.26. The molecule has 11 atom stereocenters. The minimum Gasteiger partial charge on any atom is -0.462 e. The second-order valence-corrected chi connectivity index (χ2v) is 13.0. The van der Waals surface area contributed by atoms with Gasteiger partial charge in [-0.3, -0.25) is 4.79 Å². The first kappa shape index (κ1) is 21.3. The molecule has 0 unspecified atom stereocenters. The van der Waals surface area contributed by atoms with E-state index < -0.39 is 0 Å². The van der Waals surface area contributed by atoms with Crippen molar-refractivity contribution < 1.29 is 9.53 Å². The Labute approximate surface area is 185 Å². The summed E-state index contributed by atoms with van der Waals surface area (Å²) in [6.45, 7) is 12.1. The van der Waals surface area contributed by atoms with E-state index in [1.807, 2.05) is 6.92 Å². The van der Waals surface area contributed by atoms with Crippen LogP contribution in [0, 0.1) is 58.2 Å². The molecule has 1 heterocycles. The molecule has 0 aromatic carbocycles. The summed E-state index contributed by atoms with van der Waals surface area (Å²) in [5.41, 5.74) is 1.10. The topological polar surface area (TPSA) is 26.3 Å². The average Bonchev–Trinajstić information content (AvgIpc) is 3.07. The average molecular weight is 415 g/mol. The Balaban J connectivity index is 1.35. The highest BCUT2D eigenvalue weighted by Gasteiger charge is 2.60. The Morgan fingerprint density at radius 3 is 2.43 bits per heavy atom. The second-order valence-electron chi connectivity index (χ2n) is 13.0. The van der Waals surface area contributed by atoms with Crippen molar-refractivity contribution in [3.05, 3.63) is 0 Å². The highest BCUT2D eigenvalue weighted by molar-refractivity contribution is 5.73. The lowest BCUT2D eigenvalue weighted by Crippen LogP contribution is -2.53. The highest BCUT2D eigenvalue weighted by atomic mass is 16.5. The number of esters is 1. The fourth-order valence-corrected chi connectivity index (χ4v) is 9.89. The van der Waals surface area contributed by atoms with Gasteiger partial charge < -0.3 is 4.74 Å². The third-order valence-corrected chi connectivity index (χ3v) is 12.0. The van der Waals surface area contributed by atoms with E-state index in [0.29, 0.717) is 22.7 Å². The van der Waals surface area contributed by atoms with Crippen molar-refractivity contribution in [3.63, 3.8) is 0 Å². The smallest absolute Gasteiger partial charge is 0.309 e. The van der Waals surface area contributed by atoms with E-state index in [1.54, 1.807) is 0 Å². The Bertz CT molecular complexity index is 672. The van der Waals surface area contributed by atoms with Crippen molar-refractivity contribution in [1.29, 1.82) is 0 Å². The molecule has 0 radical (unpaired) electrons. The summed E-state index contributed by atoms with van der Waals surface area (Å²) in [6.07, 6.45) is 15.8. The van der Waals surface area contributed by atoms with Gasteiger partial charge in [-0.15, -0.1) is 0 Å². The number of carbonyl (C=O) groups excluding carboxylic acids is 1. The predicted molar refractivity (Wildman–Crippen MR) is 122 cm³/mol. The fourth-order valence-electron chi connectivity index (χ4n) is 9.89. The summed E-state index contributed by atoms with van der Waals surface area (Å²) in [7, 11) is 0. The van der Waals surface area contributed by atoms with Crippen molar-refractivity contribution in [2.75, 3.05) is 0 Å². The van der Waals surface area contributed by atoms with Crippen molar-refractivity contribution in [3.8, 4) is 0 Å². The maximum Gasteiger partial charge on any atom is 0.309 e. The molecule has 2 nitrogen and oxygen atoms in total. The molecule has 2 heteroatoms. The van der Waals surface area contributed by atoms with Crippen LogP contribution in [0.1, 0.15) is 105 Å². The van der Waals surface area contributed by atoms with Gasteiger partial charge in [0.15, 0.2) is 0 Å². The molecule has 1 aliphatic heterocycles. The van der Waals surface area contributed by atoms with Gasteiger partial charge in [0, 0.05) is 0 Å². The molecule has 5 aliphatic rings. The molecule has 5 rings (SSSR count). The molecular weight excluding hydrogens is 368 g/mol. The Morgan fingerprint density at radius 2 is 1.67 bits per heavy atom. The molecule has 30 heavy (non-hydrogen) atoms. The van der Waals surface area contributed by atoms with Gasteiger partial charge >= 0.3 is 5.97 Å². The van der Waals surface area contributed by atoms with E-state index in [1.165, 1.54) is 64.2 Å². The third kappa shape index (κ3) is 3.05. The Morgan fingerprint density at radius 1 is 0.900 bits per heavy atom. The van der Waals surface area contributed by atoms with Crippen molar-refractivity contribution in [2.45, 2.75) is 111 Å². The largest absolute Gasteiger partial charge is 0.462 e. The van der Waals surface area contributed by atoms with Gasteiger partial charge in [0.1, 0.15) is 6.10 Å². The van der Waals surface area contributed by atoms with Crippen molar-refractivity contribution in [1.82, 2.24) is 0 Å². The van der Waals surface area contributed by atoms with Crippen LogP contribution < -0.4 is 0 Å². The Hall–Kier alpha value is -0.530. The number of ether oxygens (including phenoxy) is 1. The van der Waals surface area contributed by atoms with Crippen LogP contribution in [0.5, 0.6) is 0 Å². The number of rotatable bonds is 2. The lowest BCUT2D eigenvalue weighted by molar-refractivity contribution is -0.171. The zero-order chi connectivity index (χ0) is 21.3. The SMILES string of the molecule is C[C@@H]([C@H]1CC[C@H]2[C@H]3CC[C@H]4CCCC[C@]4(C)[C@H]3CC[C@@]12C)[C@H]1C[C@@H](C)[C@H](C)C(=O)O1. The van der Waals surface area contributed by atoms with E-state index in [-0.39, 0.29) is 18.0 Å². The van der Waals surface area contributed by atoms with Gasteiger partial charge in [0.2, 0.25) is 0 Å². The maximum atomic E-state index is 12.4. The Kier molecular flexibility index (Phi) is 5.34. The summed E-state index contributed by atoms with van der Waals surface area (Å²) in [5, 5.41) is 0. The van der Waals surface area contributed by atoms with Gasteiger partial charge in [0.05, 0.1) is 5.92 Å². The summed E-state index contributed by atoms with van der Waals surface area (Å²) in [6, 6.07) is 0. The zero-order valence-corrected chi connectivity index (χ0v) is 20.3. The van der Waals surface area contributed by atoms with Crippen LogP contribution in [0.15, 0.2) is 0 Å². The van der Waals surface area contributed by atoms with Crippen molar-refractivity contribution in [2.24, 2.45) is 58.2 Å². The lowest BCUT2D eigenvalue weighted by Gasteiger charge is -2.61. The molecule has 0 amide bonds. The molecule has 0 bridgehead atoms. The highest BCUT2D eigenvalue weighted by Crippen LogP contribution is 2.68. The van der Waals surface area contributed by atoms with Crippen molar-refractivity contribution >= 4 is 5.97 Å². The summed E-state index contributed by atoms with van der Waals surface area (Å²) < 4.78 is 6.02. The van der Waals surface area contributed by atoms with Crippen LogP contribution in [0.25, 0.3) is 0 Å². The van der Waals surface area contributed by atoms with Crippen LogP contribution in [-0.4, -0.2) is 12.1 Å². The molecule has 4 aliphatic carbocycles.